The van der Waals surface area contributed by atoms with Gasteiger partial charge in [0.1, 0.15) is 0 Å². The van der Waals surface area contributed by atoms with Crippen LogP contribution < -0.4 is 5.73 Å². The zero-order chi connectivity index (χ0) is 15.6. The lowest BCUT2D eigenvalue weighted by molar-refractivity contribution is 0.0653. The highest BCUT2D eigenvalue weighted by atomic mass is 32.1. The minimum atomic E-state index is 0.139. The third-order valence-electron chi connectivity index (χ3n) is 3.93. The van der Waals surface area contributed by atoms with Crippen molar-refractivity contribution in [1.29, 1.82) is 0 Å². The highest BCUT2D eigenvalue weighted by Gasteiger charge is 2.24. The van der Waals surface area contributed by atoms with Crippen molar-refractivity contribution < 1.29 is 4.79 Å². The Bertz CT molecular complexity index is 540. The molecule has 21 heavy (non-hydrogen) atoms. The zero-order valence-corrected chi connectivity index (χ0v) is 13.8. The van der Waals surface area contributed by atoms with Gasteiger partial charge in [-0.1, -0.05) is 29.9 Å². The van der Waals surface area contributed by atoms with E-state index in [2.05, 4.69) is 24.0 Å². The first-order valence-electron chi connectivity index (χ1n) is 7.26. The normalized spacial score (nSPS) is 16.0. The first-order valence-corrected chi connectivity index (χ1v) is 7.67. The van der Waals surface area contributed by atoms with Crippen LogP contribution in [0.2, 0.25) is 0 Å². The Balaban J connectivity index is 2.07. The fourth-order valence-electron chi connectivity index (χ4n) is 3.00. The SMILES string of the molecule is Cc1cc(C)c(C(=O)N2CCN(CC(N)=S)CC2)c(C)c1. The van der Waals surface area contributed by atoms with Gasteiger partial charge in [-0.3, -0.25) is 9.69 Å². The smallest absolute Gasteiger partial charge is 0.254 e. The van der Waals surface area contributed by atoms with Crippen LogP contribution in [0.5, 0.6) is 0 Å². The third kappa shape index (κ3) is 3.80. The lowest BCUT2D eigenvalue weighted by Crippen LogP contribution is -2.50. The third-order valence-corrected chi connectivity index (χ3v) is 4.06. The summed E-state index contributed by atoms with van der Waals surface area (Å²) in [6.45, 7) is 9.83. The second kappa shape index (κ2) is 6.54. The molecule has 4 nitrogen and oxygen atoms in total. The molecular weight excluding hydrogens is 282 g/mol. The van der Waals surface area contributed by atoms with Crippen LogP contribution in [0.15, 0.2) is 12.1 Å². The van der Waals surface area contributed by atoms with E-state index in [-0.39, 0.29) is 5.91 Å². The van der Waals surface area contributed by atoms with E-state index < -0.39 is 0 Å². The lowest BCUT2D eigenvalue weighted by atomic mass is 9.98. The minimum Gasteiger partial charge on any atom is -0.392 e. The first-order chi connectivity index (χ1) is 9.88. The number of carbonyl (C=O) groups excluding carboxylic acids is 1. The summed E-state index contributed by atoms with van der Waals surface area (Å²) >= 11 is 4.94. The van der Waals surface area contributed by atoms with Crippen molar-refractivity contribution in [3.8, 4) is 0 Å². The van der Waals surface area contributed by atoms with E-state index in [1.165, 1.54) is 5.56 Å². The summed E-state index contributed by atoms with van der Waals surface area (Å²) in [6.07, 6.45) is 0. The van der Waals surface area contributed by atoms with Crippen molar-refractivity contribution >= 4 is 23.1 Å². The van der Waals surface area contributed by atoms with Gasteiger partial charge in [-0.2, -0.15) is 0 Å². The van der Waals surface area contributed by atoms with Crippen molar-refractivity contribution in [2.24, 2.45) is 5.73 Å². The van der Waals surface area contributed by atoms with Gasteiger partial charge in [-0.15, -0.1) is 0 Å². The van der Waals surface area contributed by atoms with Gasteiger partial charge in [-0.05, 0) is 31.9 Å². The van der Waals surface area contributed by atoms with Crippen molar-refractivity contribution in [2.45, 2.75) is 20.8 Å². The Hall–Kier alpha value is -1.46. The van der Waals surface area contributed by atoms with Crippen LogP contribution >= 0.6 is 12.2 Å². The molecule has 0 spiro atoms. The molecule has 0 unspecified atom stereocenters. The predicted molar refractivity (Wildman–Crippen MR) is 89.8 cm³/mol. The molecule has 1 fully saturated rings. The maximum atomic E-state index is 12.7. The van der Waals surface area contributed by atoms with E-state index in [4.69, 9.17) is 18.0 Å². The Morgan fingerprint density at radius 3 is 2.14 bits per heavy atom. The zero-order valence-electron chi connectivity index (χ0n) is 13.0. The molecule has 0 atom stereocenters. The average Bonchev–Trinajstić information content (AvgIpc) is 2.37. The number of nitrogens with two attached hydrogens (primary N) is 1. The van der Waals surface area contributed by atoms with E-state index in [0.717, 1.165) is 42.9 Å². The molecule has 0 bridgehead atoms. The number of nitrogens with zero attached hydrogens (tertiary/aromatic N) is 2. The van der Waals surface area contributed by atoms with E-state index >= 15 is 0 Å². The average molecular weight is 305 g/mol. The second-order valence-corrected chi connectivity index (χ2v) is 6.33. The van der Waals surface area contributed by atoms with E-state index in [1.807, 2.05) is 18.7 Å². The Morgan fingerprint density at radius 1 is 1.14 bits per heavy atom. The second-order valence-electron chi connectivity index (χ2n) is 5.81. The summed E-state index contributed by atoms with van der Waals surface area (Å²) in [5.41, 5.74) is 9.74. The van der Waals surface area contributed by atoms with Gasteiger partial charge >= 0.3 is 0 Å². The van der Waals surface area contributed by atoms with Crippen LogP contribution in [0.1, 0.15) is 27.0 Å². The summed E-state index contributed by atoms with van der Waals surface area (Å²) in [6, 6.07) is 4.15. The topological polar surface area (TPSA) is 49.6 Å². The number of hydrogen-bond acceptors (Lipinski definition) is 3. The molecule has 2 N–H and O–H groups in total. The van der Waals surface area contributed by atoms with E-state index in [9.17, 15) is 4.79 Å². The summed E-state index contributed by atoms with van der Waals surface area (Å²) in [4.78, 5) is 17.4. The van der Waals surface area contributed by atoms with Crippen molar-refractivity contribution in [2.75, 3.05) is 32.7 Å². The molecule has 0 aromatic heterocycles. The lowest BCUT2D eigenvalue weighted by Gasteiger charge is -2.35. The number of aryl methyl sites for hydroxylation is 3. The quantitative estimate of drug-likeness (QED) is 0.863. The monoisotopic (exact) mass is 305 g/mol. The number of carbonyl (C=O) groups is 1. The molecule has 0 aliphatic carbocycles. The molecule has 1 aliphatic rings. The fraction of sp³-hybridized carbons (Fsp3) is 0.500. The molecule has 2 rings (SSSR count). The summed E-state index contributed by atoms with van der Waals surface area (Å²) in [5, 5.41) is 0. The first kappa shape index (κ1) is 15.9. The Labute approximate surface area is 131 Å². The largest absolute Gasteiger partial charge is 0.392 e. The Kier molecular flexibility index (Phi) is 4.96. The van der Waals surface area contributed by atoms with Gasteiger partial charge in [0, 0.05) is 38.3 Å². The predicted octanol–water partition coefficient (Wildman–Crippen LogP) is 1.66. The molecule has 1 saturated heterocycles. The van der Waals surface area contributed by atoms with Crippen molar-refractivity contribution in [3.05, 3.63) is 34.4 Å². The molecule has 1 amide bonds. The molecule has 0 radical (unpaired) electrons. The van der Waals surface area contributed by atoms with Gasteiger partial charge < -0.3 is 10.6 Å². The highest BCUT2D eigenvalue weighted by molar-refractivity contribution is 7.80. The number of piperazine rings is 1. The fourth-order valence-corrected chi connectivity index (χ4v) is 3.19. The molecule has 1 aromatic carbocycles. The number of benzene rings is 1. The maximum Gasteiger partial charge on any atom is 0.254 e. The van der Waals surface area contributed by atoms with Gasteiger partial charge in [0.15, 0.2) is 0 Å². The van der Waals surface area contributed by atoms with Crippen LogP contribution in [0, 0.1) is 20.8 Å². The van der Waals surface area contributed by atoms with Gasteiger partial charge in [0.2, 0.25) is 0 Å². The molecule has 1 heterocycles. The van der Waals surface area contributed by atoms with E-state index in [0.29, 0.717) is 11.5 Å². The van der Waals surface area contributed by atoms with Crippen LogP contribution in [0.3, 0.4) is 0 Å². The van der Waals surface area contributed by atoms with Gasteiger partial charge in [0.05, 0.1) is 4.99 Å². The van der Waals surface area contributed by atoms with Crippen LogP contribution in [0.25, 0.3) is 0 Å². The van der Waals surface area contributed by atoms with Crippen LogP contribution in [0.4, 0.5) is 0 Å². The molecule has 1 aliphatic heterocycles. The maximum absolute atomic E-state index is 12.7. The summed E-state index contributed by atoms with van der Waals surface area (Å²) in [5.74, 6) is 0.139. The van der Waals surface area contributed by atoms with Gasteiger partial charge in [-0.25, -0.2) is 0 Å². The number of thiocarbonyl (C=S) groups is 1. The minimum absolute atomic E-state index is 0.139. The number of hydrogen-bond donors (Lipinski definition) is 1. The standard InChI is InChI=1S/C16H23N3OS/c1-11-8-12(2)15(13(3)9-11)16(20)19-6-4-18(5-7-19)10-14(17)21/h8-9H,4-7,10H2,1-3H3,(H2,17,21). The number of rotatable bonds is 3. The van der Waals surface area contributed by atoms with Crippen molar-refractivity contribution in [3.63, 3.8) is 0 Å². The van der Waals surface area contributed by atoms with E-state index in [1.54, 1.807) is 0 Å². The Morgan fingerprint density at radius 2 is 1.67 bits per heavy atom. The van der Waals surface area contributed by atoms with Crippen LogP contribution in [-0.2, 0) is 0 Å². The molecule has 0 saturated carbocycles. The molecule has 5 heteroatoms. The van der Waals surface area contributed by atoms with Crippen molar-refractivity contribution in [1.82, 2.24) is 9.80 Å². The molecular formula is C16H23N3OS. The van der Waals surface area contributed by atoms with Gasteiger partial charge in [0.25, 0.3) is 5.91 Å². The highest BCUT2D eigenvalue weighted by Crippen LogP contribution is 2.19. The molecule has 114 valence electrons. The molecule has 1 aromatic rings. The van der Waals surface area contributed by atoms with Crippen LogP contribution in [-0.4, -0.2) is 53.4 Å². The summed E-state index contributed by atoms with van der Waals surface area (Å²) < 4.78 is 0. The summed E-state index contributed by atoms with van der Waals surface area (Å²) in [7, 11) is 0. The number of amides is 1.